The van der Waals surface area contributed by atoms with E-state index in [1.165, 1.54) is 12.8 Å². The molecule has 3 nitrogen and oxygen atoms in total. The first-order valence-electron chi connectivity index (χ1n) is 7.05. The van der Waals surface area contributed by atoms with Crippen LogP contribution in [-0.2, 0) is 4.79 Å². The SMILES string of the molecule is CCCC1CCC(NC(C)CC)(C(=O)O)CC1. The number of carbonyl (C=O) groups is 1. The average molecular weight is 241 g/mol. The largest absolute Gasteiger partial charge is 0.480 e. The molecular formula is C14H27NO2. The number of nitrogens with one attached hydrogen (secondary N) is 1. The molecule has 1 saturated carbocycles. The maximum Gasteiger partial charge on any atom is 0.323 e. The van der Waals surface area contributed by atoms with Gasteiger partial charge in [0.05, 0.1) is 0 Å². The maximum atomic E-state index is 11.5. The van der Waals surface area contributed by atoms with Crippen molar-refractivity contribution in [3.8, 4) is 0 Å². The monoisotopic (exact) mass is 241 g/mol. The Morgan fingerprint density at radius 2 is 2.00 bits per heavy atom. The molecule has 100 valence electrons. The molecule has 0 aromatic carbocycles. The molecule has 0 aromatic heterocycles. The molecule has 1 rings (SSSR count). The summed E-state index contributed by atoms with van der Waals surface area (Å²) in [6, 6.07) is 0.286. The minimum Gasteiger partial charge on any atom is -0.480 e. The molecule has 0 heterocycles. The summed E-state index contributed by atoms with van der Waals surface area (Å²) in [5.74, 6) is 0.0824. The van der Waals surface area contributed by atoms with Crippen LogP contribution in [0.2, 0.25) is 0 Å². The van der Waals surface area contributed by atoms with Gasteiger partial charge in [-0.05, 0) is 44.9 Å². The van der Waals surface area contributed by atoms with Crippen LogP contribution in [-0.4, -0.2) is 22.7 Å². The summed E-state index contributed by atoms with van der Waals surface area (Å²) < 4.78 is 0. The maximum absolute atomic E-state index is 11.5. The zero-order chi connectivity index (χ0) is 12.9. The summed E-state index contributed by atoms with van der Waals surface area (Å²) >= 11 is 0. The minimum absolute atomic E-state index is 0.286. The lowest BCUT2D eigenvalue weighted by molar-refractivity contribution is -0.147. The fraction of sp³-hybridized carbons (Fsp3) is 0.929. The molecule has 1 aliphatic carbocycles. The predicted molar refractivity (Wildman–Crippen MR) is 70.1 cm³/mol. The van der Waals surface area contributed by atoms with E-state index >= 15 is 0 Å². The van der Waals surface area contributed by atoms with Crippen molar-refractivity contribution in [1.82, 2.24) is 5.32 Å². The molecule has 0 saturated heterocycles. The second-order valence-electron chi connectivity index (χ2n) is 5.57. The third kappa shape index (κ3) is 3.70. The second-order valence-corrected chi connectivity index (χ2v) is 5.57. The van der Waals surface area contributed by atoms with Crippen LogP contribution in [0.1, 0.15) is 65.7 Å². The van der Waals surface area contributed by atoms with E-state index in [9.17, 15) is 9.90 Å². The topological polar surface area (TPSA) is 49.3 Å². The van der Waals surface area contributed by atoms with Gasteiger partial charge in [0, 0.05) is 6.04 Å². The van der Waals surface area contributed by atoms with Crippen LogP contribution in [0, 0.1) is 5.92 Å². The van der Waals surface area contributed by atoms with Gasteiger partial charge < -0.3 is 5.11 Å². The van der Waals surface area contributed by atoms with Crippen molar-refractivity contribution in [3.05, 3.63) is 0 Å². The Morgan fingerprint density at radius 3 is 2.41 bits per heavy atom. The normalized spacial score (nSPS) is 31.1. The van der Waals surface area contributed by atoms with Gasteiger partial charge in [-0.15, -0.1) is 0 Å². The van der Waals surface area contributed by atoms with E-state index in [4.69, 9.17) is 0 Å². The molecule has 0 aromatic rings. The van der Waals surface area contributed by atoms with Gasteiger partial charge in [0.1, 0.15) is 5.54 Å². The van der Waals surface area contributed by atoms with Gasteiger partial charge >= 0.3 is 5.97 Å². The lowest BCUT2D eigenvalue weighted by Crippen LogP contribution is -2.57. The highest BCUT2D eigenvalue weighted by atomic mass is 16.4. The molecule has 1 aliphatic rings. The standard InChI is InChI=1S/C14H27NO2/c1-4-6-12-7-9-14(10-8-12,13(16)17)15-11(3)5-2/h11-12,15H,4-10H2,1-3H3,(H,16,17). The van der Waals surface area contributed by atoms with Gasteiger partial charge in [0.25, 0.3) is 0 Å². The highest BCUT2D eigenvalue weighted by Crippen LogP contribution is 2.35. The molecule has 1 fully saturated rings. The molecule has 0 spiro atoms. The van der Waals surface area contributed by atoms with Crippen LogP contribution in [0.5, 0.6) is 0 Å². The summed E-state index contributed by atoms with van der Waals surface area (Å²) in [4.78, 5) is 11.5. The quantitative estimate of drug-likeness (QED) is 0.751. The van der Waals surface area contributed by atoms with Gasteiger partial charge in [-0.1, -0.05) is 26.7 Å². The molecule has 2 N–H and O–H groups in total. The number of hydrogen-bond acceptors (Lipinski definition) is 2. The summed E-state index contributed by atoms with van der Waals surface area (Å²) in [6.45, 7) is 6.37. The van der Waals surface area contributed by atoms with E-state index in [2.05, 4.69) is 26.1 Å². The summed E-state index contributed by atoms with van der Waals surface area (Å²) in [5, 5.41) is 12.8. The van der Waals surface area contributed by atoms with Crippen LogP contribution < -0.4 is 5.32 Å². The lowest BCUT2D eigenvalue weighted by atomic mass is 9.74. The Kier molecular flexibility index (Phi) is 5.44. The Bertz CT molecular complexity index is 245. The zero-order valence-corrected chi connectivity index (χ0v) is 11.5. The van der Waals surface area contributed by atoms with E-state index in [1.807, 2.05) is 0 Å². The summed E-state index contributed by atoms with van der Waals surface area (Å²) in [7, 11) is 0. The Balaban J connectivity index is 2.60. The first kappa shape index (κ1) is 14.5. The van der Waals surface area contributed by atoms with Crippen LogP contribution in [0.25, 0.3) is 0 Å². The third-order valence-corrected chi connectivity index (χ3v) is 4.20. The van der Waals surface area contributed by atoms with Crippen molar-refractivity contribution in [2.75, 3.05) is 0 Å². The van der Waals surface area contributed by atoms with Crippen molar-refractivity contribution >= 4 is 5.97 Å². The predicted octanol–water partition coefficient (Wildman–Crippen LogP) is 3.19. The molecule has 3 heteroatoms. The molecular weight excluding hydrogens is 214 g/mol. The molecule has 1 atom stereocenters. The number of aliphatic carboxylic acids is 1. The van der Waals surface area contributed by atoms with Crippen LogP contribution >= 0.6 is 0 Å². The third-order valence-electron chi connectivity index (χ3n) is 4.20. The van der Waals surface area contributed by atoms with Gasteiger partial charge in [-0.3, -0.25) is 10.1 Å². The first-order chi connectivity index (χ1) is 8.04. The van der Waals surface area contributed by atoms with E-state index in [-0.39, 0.29) is 6.04 Å². The van der Waals surface area contributed by atoms with Gasteiger partial charge in [-0.25, -0.2) is 0 Å². The highest BCUT2D eigenvalue weighted by molar-refractivity contribution is 5.79. The van der Waals surface area contributed by atoms with E-state index in [1.54, 1.807) is 0 Å². The number of rotatable bonds is 6. The Labute approximate surface area is 105 Å². The first-order valence-corrected chi connectivity index (χ1v) is 7.05. The summed E-state index contributed by atoms with van der Waals surface area (Å²) in [5.41, 5.74) is -0.653. The van der Waals surface area contributed by atoms with Gasteiger partial charge in [-0.2, -0.15) is 0 Å². The number of carboxylic acid groups (broad SMARTS) is 1. The van der Waals surface area contributed by atoms with Crippen LogP contribution in [0.4, 0.5) is 0 Å². The fourth-order valence-corrected chi connectivity index (χ4v) is 2.86. The molecule has 1 unspecified atom stereocenters. The number of hydrogen-bond donors (Lipinski definition) is 2. The molecule has 0 amide bonds. The van der Waals surface area contributed by atoms with Gasteiger partial charge in [0.2, 0.25) is 0 Å². The lowest BCUT2D eigenvalue weighted by Gasteiger charge is -2.39. The van der Waals surface area contributed by atoms with Crippen molar-refractivity contribution in [3.63, 3.8) is 0 Å². The van der Waals surface area contributed by atoms with Crippen molar-refractivity contribution < 1.29 is 9.90 Å². The molecule has 17 heavy (non-hydrogen) atoms. The van der Waals surface area contributed by atoms with E-state index in [0.29, 0.717) is 0 Å². The van der Waals surface area contributed by atoms with Crippen LogP contribution in [0.3, 0.4) is 0 Å². The van der Waals surface area contributed by atoms with Crippen molar-refractivity contribution in [1.29, 1.82) is 0 Å². The zero-order valence-electron chi connectivity index (χ0n) is 11.5. The molecule has 0 radical (unpaired) electrons. The van der Waals surface area contributed by atoms with E-state index < -0.39 is 11.5 Å². The Hall–Kier alpha value is -0.570. The highest BCUT2D eigenvalue weighted by Gasteiger charge is 2.42. The van der Waals surface area contributed by atoms with Crippen molar-refractivity contribution in [2.45, 2.75) is 77.3 Å². The van der Waals surface area contributed by atoms with Crippen LogP contribution in [0.15, 0.2) is 0 Å². The van der Waals surface area contributed by atoms with Gasteiger partial charge in [0.15, 0.2) is 0 Å². The Morgan fingerprint density at radius 1 is 1.41 bits per heavy atom. The number of carboxylic acids is 1. The fourth-order valence-electron chi connectivity index (χ4n) is 2.86. The van der Waals surface area contributed by atoms with Crippen molar-refractivity contribution in [2.24, 2.45) is 5.92 Å². The van der Waals surface area contributed by atoms with E-state index in [0.717, 1.165) is 38.0 Å². The molecule has 0 aliphatic heterocycles. The second kappa shape index (κ2) is 6.39. The molecule has 0 bridgehead atoms. The minimum atomic E-state index is -0.659. The smallest absolute Gasteiger partial charge is 0.323 e. The average Bonchev–Trinajstić information content (AvgIpc) is 2.31. The summed E-state index contributed by atoms with van der Waals surface area (Å²) in [6.07, 6.45) is 7.14.